The minimum Gasteiger partial charge on any atom is -0.496 e. The molecule has 0 spiro atoms. The minimum absolute atomic E-state index is 0.151. The molecule has 0 fully saturated rings. The Morgan fingerprint density at radius 1 is 0.865 bits per heavy atom. The molecule has 0 unspecified atom stereocenters. The fourth-order valence-corrected chi connectivity index (χ4v) is 5.18. The third-order valence-corrected chi connectivity index (χ3v) is 7.88. The summed E-state index contributed by atoms with van der Waals surface area (Å²) in [5.41, 5.74) is 1.42. The number of quaternary nitrogens is 1. The van der Waals surface area contributed by atoms with Crippen LogP contribution in [0, 0.1) is 0 Å². The number of hydrogen-bond donors (Lipinski definition) is 1. The van der Waals surface area contributed by atoms with E-state index in [0.29, 0.717) is 50.8 Å². The van der Waals surface area contributed by atoms with E-state index in [1.807, 2.05) is 0 Å². The van der Waals surface area contributed by atoms with Crippen molar-refractivity contribution < 1.29 is 36.6 Å². The van der Waals surface area contributed by atoms with Crippen molar-refractivity contribution in [2.45, 2.75) is 26.5 Å². The lowest BCUT2D eigenvalue weighted by Gasteiger charge is -2.34. The molecule has 0 aromatic heterocycles. The van der Waals surface area contributed by atoms with Gasteiger partial charge in [0, 0.05) is 17.5 Å². The van der Waals surface area contributed by atoms with E-state index in [9.17, 15) is 13.2 Å². The number of nitrogens with zero attached hydrogens (tertiary/aromatic N) is 1. The zero-order chi connectivity index (χ0) is 27.6. The lowest BCUT2D eigenvalue weighted by atomic mass is 10.1. The predicted molar refractivity (Wildman–Crippen MR) is 146 cm³/mol. The summed E-state index contributed by atoms with van der Waals surface area (Å²) in [6.45, 7) is 9.04. The zero-order valence-electron chi connectivity index (χ0n) is 22.8. The van der Waals surface area contributed by atoms with E-state index in [1.54, 1.807) is 30.3 Å². The number of carbonyl (C=O) groups is 1. The fraction of sp³-hybridized carbons (Fsp3) is 0.444. The van der Waals surface area contributed by atoms with Crippen molar-refractivity contribution in [3.05, 3.63) is 46.9 Å². The summed E-state index contributed by atoms with van der Waals surface area (Å²) in [4.78, 5) is 12.9. The Kier molecular flexibility index (Phi) is 10.8. The number of nitrogens with one attached hydrogen (secondary N) is 1. The van der Waals surface area contributed by atoms with E-state index in [-0.39, 0.29) is 11.7 Å². The first kappa shape index (κ1) is 30.0. The molecule has 1 N–H and O–H groups in total. The van der Waals surface area contributed by atoms with Gasteiger partial charge < -0.3 is 28.7 Å². The molecule has 2 aromatic rings. The van der Waals surface area contributed by atoms with E-state index in [2.05, 4.69) is 26.1 Å². The van der Waals surface area contributed by atoms with Crippen molar-refractivity contribution in [2.75, 3.05) is 59.9 Å². The minimum atomic E-state index is -3.68. The van der Waals surface area contributed by atoms with Crippen molar-refractivity contribution in [3.63, 3.8) is 0 Å². The number of sulfone groups is 1. The molecular weight excluding hydrogens is 496 g/mol. The Hall–Kier alpha value is -3.24. The lowest BCUT2D eigenvalue weighted by molar-refractivity contribution is -0.915. The van der Waals surface area contributed by atoms with E-state index >= 15 is 0 Å². The van der Waals surface area contributed by atoms with Crippen LogP contribution in [0.4, 0.5) is 5.69 Å². The van der Waals surface area contributed by atoms with Crippen LogP contribution in [0.1, 0.15) is 31.9 Å². The smallest absolute Gasteiger partial charge is 0.279 e. The molecule has 204 valence electrons. The standard InChI is InChI=1S/C27H38N2O7S/c1-8-29(9-2,10-3)18-27(30)28-23-15-20(11-12-24(23)34-5)19-37(31,32)14-13-22-25(35-6)16-21(33-4)17-26(22)36-7/h11-17H,8-10,18-19H2,1-7H3/p+1/b14-13+. The molecule has 1 amide bonds. The number of methoxy groups -OCH3 is 4. The van der Waals surface area contributed by atoms with Crippen LogP contribution in [0.5, 0.6) is 23.0 Å². The van der Waals surface area contributed by atoms with Gasteiger partial charge in [0.15, 0.2) is 16.4 Å². The molecule has 0 radical (unpaired) electrons. The Bertz CT molecular complexity index is 1170. The highest BCUT2D eigenvalue weighted by Crippen LogP contribution is 2.35. The SMILES string of the molecule is CC[N+](CC)(CC)CC(=O)Nc1cc(CS(=O)(=O)/C=C/c2c(OC)cc(OC)cc2OC)ccc1OC. The number of benzene rings is 2. The van der Waals surface area contributed by atoms with Gasteiger partial charge in [-0.2, -0.15) is 0 Å². The van der Waals surface area contributed by atoms with Gasteiger partial charge in [-0.1, -0.05) is 6.07 Å². The van der Waals surface area contributed by atoms with Gasteiger partial charge in [-0.25, -0.2) is 8.42 Å². The van der Waals surface area contributed by atoms with Crippen LogP contribution in [-0.4, -0.2) is 73.4 Å². The summed E-state index contributed by atoms with van der Waals surface area (Å²) in [6.07, 6.45) is 1.44. The number of carbonyl (C=O) groups excluding carboxylic acids is 1. The van der Waals surface area contributed by atoms with Crippen molar-refractivity contribution >= 4 is 27.5 Å². The lowest BCUT2D eigenvalue weighted by Crippen LogP contribution is -2.51. The van der Waals surface area contributed by atoms with Gasteiger partial charge in [-0.15, -0.1) is 0 Å². The molecule has 0 bridgehead atoms. The molecule has 2 rings (SSSR count). The van der Waals surface area contributed by atoms with E-state index in [1.165, 1.54) is 34.5 Å². The maximum absolute atomic E-state index is 13.0. The molecule has 0 atom stereocenters. The summed E-state index contributed by atoms with van der Waals surface area (Å²) < 4.78 is 48.0. The number of likely N-dealkylation sites (N-methyl/N-ethyl adjacent to an activating group) is 1. The van der Waals surface area contributed by atoms with Crippen LogP contribution in [0.3, 0.4) is 0 Å². The Morgan fingerprint density at radius 2 is 1.43 bits per heavy atom. The summed E-state index contributed by atoms with van der Waals surface area (Å²) in [7, 11) is 2.31. The summed E-state index contributed by atoms with van der Waals surface area (Å²) >= 11 is 0. The molecule has 0 aliphatic heterocycles. The largest absolute Gasteiger partial charge is 0.496 e. The van der Waals surface area contributed by atoms with Crippen LogP contribution < -0.4 is 24.3 Å². The number of hydrogen-bond acceptors (Lipinski definition) is 7. The number of ether oxygens (including phenoxy) is 4. The van der Waals surface area contributed by atoms with Crippen LogP contribution in [0.25, 0.3) is 6.08 Å². The second kappa shape index (κ2) is 13.3. The summed E-state index contributed by atoms with van der Waals surface area (Å²) in [5.74, 6) is 1.39. The Labute approximate surface area is 220 Å². The third-order valence-electron chi connectivity index (χ3n) is 6.59. The van der Waals surface area contributed by atoms with Crippen LogP contribution in [-0.2, 0) is 20.4 Å². The van der Waals surface area contributed by atoms with Gasteiger partial charge in [0.1, 0.15) is 23.0 Å². The quantitative estimate of drug-likeness (QED) is 0.363. The van der Waals surface area contributed by atoms with Gasteiger partial charge in [-0.3, -0.25) is 4.79 Å². The van der Waals surface area contributed by atoms with Crippen molar-refractivity contribution in [3.8, 4) is 23.0 Å². The van der Waals surface area contributed by atoms with Crippen LogP contribution >= 0.6 is 0 Å². The highest BCUT2D eigenvalue weighted by molar-refractivity contribution is 7.93. The van der Waals surface area contributed by atoms with Crippen molar-refractivity contribution in [2.24, 2.45) is 0 Å². The fourth-order valence-electron chi connectivity index (χ4n) is 4.09. The molecule has 10 heteroatoms. The molecule has 2 aromatic carbocycles. The predicted octanol–water partition coefficient (Wildman–Crippen LogP) is 4.12. The maximum atomic E-state index is 13.0. The van der Waals surface area contributed by atoms with Gasteiger partial charge in [0.05, 0.1) is 65.1 Å². The second-order valence-electron chi connectivity index (χ2n) is 8.59. The number of anilines is 1. The average molecular weight is 536 g/mol. The highest BCUT2D eigenvalue weighted by atomic mass is 32.2. The van der Waals surface area contributed by atoms with E-state index < -0.39 is 9.84 Å². The summed E-state index contributed by atoms with van der Waals surface area (Å²) in [5, 5.41) is 4.03. The molecule has 0 aliphatic rings. The first-order valence-electron chi connectivity index (χ1n) is 12.1. The summed E-state index contributed by atoms with van der Waals surface area (Å²) in [6, 6.07) is 8.25. The average Bonchev–Trinajstić information content (AvgIpc) is 2.90. The molecular formula is C27H39N2O7S+. The van der Waals surface area contributed by atoms with E-state index in [4.69, 9.17) is 18.9 Å². The monoisotopic (exact) mass is 535 g/mol. The molecule has 0 saturated heterocycles. The van der Waals surface area contributed by atoms with Gasteiger partial charge in [0.2, 0.25) is 0 Å². The third kappa shape index (κ3) is 7.87. The maximum Gasteiger partial charge on any atom is 0.279 e. The number of rotatable bonds is 14. The van der Waals surface area contributed by atoms with Gasteiger partial charge in [0.25, 0.3) is 5.91 Å². The van der Waals surface area contributed by atoms with Crippen molar-refractivity contribution in [1.29, 1.82) is 0 Å². The molecule has 0 saturated carbocycles. The number of amides is 1. The second-order valence-corrected chi connectivity index (χ2v) is 10.5. The van der Waals surface area contributed by atoms with Crippen LogP contribution in [0.15, 0.2) is 35.7 Å². The Balaban J connectivity index is 2.29. The first-order valence-corrected chi connectivity index (χ1v) is 13.8. The molecule has 0 heterocycles. The molecule has 37 heavy (non-hydrogen) atoms. The van der Waals surface area contributed by atoms with E-state index in [0.717, 1.165) is 25.0 Å². The first-order chi connectivity index (χ1) is 17.6. The van der Waals surface area contributed by atoms with Crippen molar-refractivity contribution in [1.82, 2.24) is 0 Å². The topological polar surface area (TPSA) is 100 Å². The molecule has 9 nitrogen and oxygen atoms in total. The highest BCUT2D eigenvalue weighted by Gasteiger charge is 2.25. The molecule has 0 aliphatic carbocycles. The zero-order valence-corrected chi connectivity index (χ0v) is 23.6. The van der Waals surface area contributed by atoms with Crippen LogP contribution in [0.2, 0.25) is 0 Å². The normalized spacial score (nSPS) is 11.9. The van der Waals surface area contributed by atoms with Gasteiger partial charge >= 0.3 is 0 Å². The Morgan fingerprint density at radius 3 is 1.92 bits per heavy atom. The van der Waals surface area contributed by atoms with Gasteiger partial charge in [-0.05, 0) is 44.5 Å².